The molecule has 11 heteroatoms. The number of carboxylic acids is 1. The van der Waals surface area contributed by atoms with Crippen molar-refractivity contribution in [2.75, 3.05) is 0 Å². The Bertz CT molecular complexity index is 1410. The van der Waals surface area contributed by atoms with E-state index in [1.807, 2.05) is 38.4 Å². The van der Waals surface area contributed by atoms with Crippen molar-refractivity contribution in [1.29, 1.82) is 5.41 Å². The number of benzene rings is 1. The van der Waals surface area contributed by atoms with Gasteiger partial charge in [0.2, 0.25) is 0 Å². The number of hydrazine groups is 2. The molecule has 1 aliphatic carbocycles. The molecule has 3 heterocycles. The third kappa shape index (κ3) is 4.60. The second-order valence-electron chi connectivity index (χ2n) is 9.32. The first-order valence-electron chi connectivity index (χ1n) is 11.7. The molecule has 2 aromatic heterocycles. The van der Waals surface area contributed by atoms with Gasteiger partial charge < -0.3 is 20.6 Å². The van der Waals surface area contributed by atoms with Crippen LogP contribution in [0.2, 0.25) is 0 Å². The van der Waals surface area contributed by atoms with Crippen LogP contribution in [0.5, 0.6) is 0 Å². The summed E-state index contributed by atoms with van der Waals surface area (Å²) >= 11 is 0. The molecule has 0 saturated heterocycles. The van der Waals surface area contributed by atoms with Crippen LogP contribution in [0.25, 0.3) is 5.65 Å². The lowest BCUT2D eigenvalue weighted by Gasteiger charge is -2.13. The highest BCUT2D eigenvalue weighted by Gasteiger charge is 2.26. The van der Waals surface area contributed by atoms with Crippen LogP contribution in [0.4, 0.5) is 0 Å². The number of carbonyl (C=O) groups is 2. The third-order valence-electron chi connectivity index (χ3n) is 6.53. The van der Waals surface area contributed by atoms with Gasteiger partial charge in [0.05, 0.1) is 12.2 Å². The normalized spacial score (nSPS) is 15.1. The van der Waals surface area contributed by atoms with Gasteiger partial charge in [-0.2, -0.15) is 0 Å². The van der Waals surface area contributed by atoms with E-state index in [9.17, 15) is 14.7 Å². The Hall–Kier alpha value is -4.38. The van der Waals surface area contributed by atoms with Gasteiger partial charge in [0.1, 0.15) is 17.1 Å². The van der Waals surface area contributed by atoms with E-state index in [1.54, 1.807) is 21.7 Å². The Labute approximate surface area is 207 Å². The molecular formula is C25H28N8O3. The number of aromatic nitrogens is 2. The zero-order valence-electron chi connectivity index (χ0n) is 20.1. The summed E-state index contributed by atoms with van der Waals surface area (Å²) in [7, 11) is 0. The number of amidine groups is 1. The summed E-state index contributed by atoms with van der Waals surface area (Å²) in [4.78, 5) is 29.0. The number of carboxylic acid groups (broad SMARTS) is 1. The molecule has 2 aliphatic rings. The van der Waals surface area contributed by atoms with E-state index >= 15 is 0 Å². The molecule has 1 aliphatic heterocycles. The number of hydrogen-bond donors (Lipinski definition) is 6. The summed E-state index contributed by atoms with van der Waals surface area (Å²) in [5.74, 6) is -0.847. The van der Waals surface area contributed by atoms with Crippen LogP contribution in [-0.4, -0.2) is 37.2 Å². The smallest absolute Gasteiger partial charge is 0.339 e. The van der Waals surface area contributed by atoms with Gasteiger partial charge in [-0.15, -0.1) is 5.53 Å². The summed E-state index contributed by atoms with van der Waals surface area (Å²) in [5, 5.41) is 21.9. The fraction of sp³-hybridized carbons (Fsp3) is 0.280. The van der Waals surface area contributed by atoms with Crippen LogP contribution in [0.15, 0.2) is 42.5 Å². The summed E-state index contributed by atoms with van der Waals surface area (Å²) in [5.41, 5.74) is 17.5. The third-order valence-corrected chi connectivity index (χ3v) is 6.53. The molecular weight excluding hydrogens is 460 g/mol. The molecule has 0 spiro atoms. The van der Waals surface area contributed by atoms with Crippen LogP contribution >= 0.6 is 0 Å². The molecule has 1 amide bonds. The summed E-state index contributed by atoms with van der Waals surface area (Å²) in [6.07, 6.45) is 7.57. The quantitative estimate of drug-likeness (QED) is 0.207. The average molecular weight is 489 g/mol. The number of carbonyl (C=O) groups excluding carboxylic acids is 1. The standard InChI is InChI=1S/C25H28N8O3/c1-13-5-16(22(26)27)6-14(2)20(13)8-28-24(34)21-12-33(31-30-21)11-18-10-32-9-17(15-3-4-15)7-19(25(35)36)23(32)29-18/h5-7,9-10,12,15,30-31H,3-4,8,11H2,1-2H3,(H3,26,27)(H,28,34)(H,35,36). The maximum atomic E-state index is 12.7. The summed E-state index contributed by atoms with van der Waals surface area (Å²) in [6, 6.07) is 5.40. The fourth-order valence-corrected chi connectivity index (χ4v) is 4.46. The minimum absolute atomic E-state index is 0.0106. The minimum Gasteiger partial charge on any atom is -0.478 e. The Morgan fingerprint density at radius 1 is 1.22 bits per heavy atom. The number of aromatic carboxylic acids is 1. The second-order valence-corrected chi connectivity index (χ2v) is 9.32. The van der Waals surface area contributed by atoms with Crippen LogP contribution < -0.4 is 22.0 Å². The number of nitrogen functional groups attached to an aromatic ring is 1. The van der Waals surface area contributed by atoms with Gasteiger partial charge >= 0.3 is 5.97 Å². The summed E-state index contributed by atoms with van der Waals surface area (Å²) in [6.45, 7) is 4.51. The lowest BCUT2D eigenvalue weighted by Crippen LogP contribution is -2.38. The number of hydrogen-bond acceptors (Lipinski definition) is 7. The molecule has 1 saturated carbocycles. The number of nitrogens with two attached hydrogens (primary N) is 1. The highest BCUT2D eigenvalue weighted by atomic mass is 16.4. The molecule has 1 fully saturated rings. The number of nitrogens with one attached hydrogen (secondary N) is 4. The van der Waals surface area contributed by atoms with E-state index in [4.69, 9.17) is 11.1 Å². The molecule has 0 unspecified atom stereocenters. The number of pyridine rings is 1. The van der Waals surface area contributed by atoms with Crippen molar-refractivity contribution in [2.45, 2.75) is 45.7 Å². The molecule has 5 rings (SSSR count). The van der Waals surface area contributed by atoms with Crippen molar-refractivity contribution in [3.63, 3.8) is 0 Å². The fourth-order valence-electron chi connectivity index (χ4n) is 4.46. The van der Waals surface area contributed by atoms with Crippen molar-refractivity contribution in [1.82, 2.24) is 30.7 Å². The molecule has 36 heavy (non-hydrogen) atoms. The van der Waals surface area contributed by atoms with Crippen molar-refractivity contribution in [2.24, 2.45) is 5.73 Å². The molecule has 0 radical (unpaired) electrons. The molecule has 0 atom stereocenters. The van der Waals surface area contributed by atoms with E-state index in [2.05, 4.69) is 21.3 Å². The molecule has 1 aromatic carbocycles. The highest BCUT2D eigenvalue weighted by Crippen LogP contribution is 2.40. The monoisotopic (exact) mass is 488 g/mol. The van der Waals surface area contributed by atoms with E-state index in [0.29, 0.717) is 41.6 Å². The maximum Gasteiger partial charge on any atom is 0.339 e. The predicted octanol–water partition coefficient (Wildman–Crippen LogP) is 1.79. The number of rotatable bonds is 8. The van der Waals surface area contributed by atoms with E-state index in [-0.39, 0.29) is 17.3 Å². The first kappa shape index (κ1) is 23.4. The van der Waals surface area contributed by atoms with Gasteiger partial charge in [-0.05, 0) is 73.1 Å². The highest BCUT2D eigenvalue weighted by molar-refractivity contribution is 5.96. The van der Waals surface area contributed by atoms with Crippen molar-refractivity contribution in [3.05, 3.63) is 81.6 Å². The molecule has 186 valence electrons. The van der Waals surface area contributed by atoms with Crippen LogP contribution in [0.3, 0.4) is 0 Å². The lowest BCUT2D eigenvalue weighted by molar-refractivity contribution is -0.118. The van der Waals surface area contributed by atoms with E-state index in [1.165, 1.54) is 0 Å². The van der Waals surface area contributed by atoms with Crippen molar-refractivity contribution in [3.8, 4) is 0 Å². The average Bonchev–Trinajstić information content (AvgIpc) is 3.43. The first-order valence-corrected chi connectivity index (χ1v) is 11.7. The van der Waals surface area contributed by atoms with Gasteiger partial charge in [0, 0.05) is 30.7 Å². The molecule has 7 N–H and O–H groups in total. The minimum atomic E-state index is -0.999. The maximum absolute atomic E-state index is 12.7. The molecule has 11 nitrogen and oxygen atoms in total. The van der Waals surface area contributed by atoms with Crippen molar-refractivity contribution < 1.29 is 14.7 Å². The van der Waals surface area contributed by atoms with E-state index < -0.39 is 5.97 Å². The Kier molecular flexibility index (Phi) is 5.84. The lowest BCUT2D eigenvalue weighted by atomic mass is 9.99. The Morgan fingerprint density at radius 3 is 2.58 bits per heavy atom. The second kappa shape index (κ2) is 9.00. The topological polar surface area (TPSA) is 161 Å². The van der Waals surface area contributed by atoms with Crippen LogP contribution in [0, 0.1) is 19.3 Å². The number of nitrogens with zero attached hydrogens (tertiary/aromatic N) is 3. The van der Waals surface area contributed by atoms with Gasteiger partial charge in [-0.1, -0.05) is 0 Å². The number of aryl methyl sites for hydroxylation is 2. The van der Waals surface area contributed by atoms with Crippen LogP contribution in [-0.2, 0) is 17.9 Å². The number of fused-ring (bicyclic) bond motifs is 1. The molecule has 3 aromatic rings. The Morgan fingerprint density at radius 2 is 1.94 bits per heavy atom. The number of imidazole rings is 1. The van der Waals surface area contributed by atoms with Gasteiger partial charge in [-0.25, -0.2) is 9.78 Å². The van der Waals surface area contributed by atoms with Gasteiger partial charge in [0.25, 0.3) is 5.91 Å². The van der Waals surface area contributed by atoms with Crippen LogP contribution in [0.1, 0.15) is 62.6 Å². The van der Waals surface area contributed by atoms with Gasteiger partial charge in [-0.3, -0.25) is 20.6 Å². The largest absolute Gasteiger partial charge is 0.478 e. The predicted molar refractivity (Wildman–Crippen MR) is 133 cm³/mol. The Balaban J connectivity index is 1.26. The molecule has 0 bridgehead atoms. The zero-order chi connectivity index (χ0) is 25.6. The zero-order valence-corrected chi connectivity index (χ0v) is 20.1. The number of amides is 1. The SMILES string of the molecule is Cc1cc(C(=N)N)cc(C)c1CNC(=O)C1=CN(Cc2cn3cc(C4CC4)cc(C(=O)O)c3n2)NN1. The van der Waals surface area contributed by atoms with Crippen molar-refractivity contribution >= 4 is 23.4 Å². The first-order chi connectivity index (χ1) is 17.2. The van der Waals surface area contributed by atoms with Gasteiger partial charge in [0.15, 0.2) is 5.65 Å². The summed E-state index contributed by atoms with van der Waals surface area (Å²) < 4.78 is 1.77. The van der Waals surface area contributed by atoms with E-state index in [0.717, 1.165) is 35.1 Å².